The van der Waals surface area contributed by atoms with Crippen LogP contribution in [0, 0.1) is 9.39 Å². The van der Waals surface area contributed by atoms with Gasteiger partial charge in [0, 0.05) is 15.6 Å². The fourth-order valence-electron chi connectivity index (χ4n) is 3.42. The Morgan fingerprint density at radius 1 is 1.06 bits per heavy atom. The summed E-state index contributed by atoms with van der Waals surface area (Å²) in [6, 6.07) is 14.5. The third-order valence-electron chi connectivity index (χ3n) is 5.14. The zero-order valence-electron chi connectivity index (χ0n) is 18.9. The van der Waals surface area contributed by atoms with E-state index in [2.05, 4.69) is 22.6 Å². The molecule has 4 rings (SSSR count). The Labute approximate surface area is 235 Å². The Hall–Kier alpha value is -2.27. The molecule has 3 aromatic carbocycles. The molecule has 0 saturated carbocycles. The van der Waals surface area contributed by atoms with Gasteiger partial charge in [0.1, 0.15) is 12.4 Å². The highest BCUT2D eigenvalue weighted by Crippen LogP contribution is 2.38. The van der Waals surface area contributed by atoms with Gasteiger partial charge in [-0.2, -0.15) is 0 Å². The van der Waals surface area contributed by atoms with Gasteiger partial charge in [0.05, 0.1) is 21.6 Å². The second-order valence-corrected chi connectivity index (χ2v) is 10.7. The maximum Gasteiger partial charge on any atom is 0.293 e. The van der Waals surface area contributed by atoms with Crippen molar-refractivity contribution in [2.24, 2.45) is 0 Å². The van der Waals surface area contributed by atoms with Gasteiger partial charge in [0.15, 0.2) is 11.5 Å². The van der Waals surface area contributed by atoms with E-state index in [0.29, 0.717) is 44.2 Å². The third kappa shape index (κ3) is 6.34. The van der Waals surface area contributed by atoms with E-state index in [9.17, 15) is 14.0 Å². The van der Waals surface area contributed by atoms with E-state index < -0.39 is 5.91 Å². The standard InChI is InChI=1S/C26H19Cl2FINO4S/c1-2-34-22-10-16(9-21(30)24(22)35-14-17-5-6-18(27)12-20(17)28)11-23-25(32)31(26(33)36-23)13-15-3-7-19(29)8-4-15/h3-12H,2,13-14H2,1H3/b23-11+. The van der Waals surface area contributed by atoms with Gasteiger partial charge in [-0.05, 0) is 94.9 Å². The summed E-state index contributed by atoms with van der Waals surface area (Å²) in [5, 5.41) is 0.665. The molecule has 2 amide bonds. The number of halogens is 4. The number of ether oxygens (including phenoxy) is 2. The highest BCUT2D eigenvalue weighted by atomic mass is 127. The summed E-state index contributed by atoms with van der Waals surface area (Å²) < 4.78 is 25.8. The fraction of sp³-hybridized carbons (Fsp3) is 0.154. The van der Waals surface area contributed by atoms with Crippen molar-refractivity contribution in [2.75, 3.05) is 6.61 Å². The molecule has 0 unspecified atom stereocenters. The van der Waals surface area contributed by atoms with Gasteiger partial charge in [-0.3, -0.25) is 14.5 Å². The van der Waals surface area contributed by atoms with Crippen LogP contribution in [0.4, 0.5) is 9.18 Å². The molecular formula is C26H19Cl2FINO4S. The third-order valence-corrected chi connectivity index (χ3v) is 7.44. The molecule has 36 heavy (non-hydrogen) atoms. The van der Waals surface area contributed by atoms with Crippen molar-refractivity contribution in [2.45, 2.75) is 20.1 Å². The van der Waals surface area contributed by atoms with Crippen molar-refractivity contribution in [3.05, 3.63) is 95.6 Å². The molecule has 1 saturated heterocycles. The number of hydrogen-bond donors (Lipinski definition) is 0. The lowest BCUT2D eigenvalue weighted by Gasteiger charge is -2.15. The Kier molecular flexibility index (Phi) is 8.82. The normalized spacial score (nSPS) is 14.6. The number of nitrogens with zero attached hydrogens (tertiary/aromatic N) is 1. The zero-order chi connectivity index (χ0) is 25.8. The van der Waals surface area contributed by atoms with Crippen molar-refractivity contribution < 1.29 is 23.5 Å². The summed E-state index contributed by atoms with van der Waals surface area (Å²) in [7, 11) is 0. The van der Waals surface area contributed by atoms with Gasteiger partial charge in [0.25, 0.3) is 11.1 Å². The number of carbonyl (C=O) groups excluding carboxylic acids is 2. The van der Waals surface area contributed by atoms with Crippen LogP contribution in [-0.2, 0) is 17.9 Å². The SMILES string of the molecule is CCOc1cc(/C=C2/SC(=O)N(Cc3ccc(F)cc3)C2=O)cc(I)c1OCc1ccc(Cl)cc1Cl. The summed E-state index contributed by atoms with van der Waals surface area (Å²) in [5.41, 5.74) is 2.13. The molecular weight excluding hydrogens is 639 g/mol. The smallest absolute Gasteiger partial charge is 0.293 e. The predicted molar refractivity (Wildman–Crippen MR) is 149 cm³/mol. The van der Waals surface area contributed by atoms with Crippen LogP contribution in [0.25, 0.3) is 6.08 Å². The molecule has 0 N–H and O–H groups in total. The maximum atomic E-state index is 13.2. The highest BCUT2D eigenvalue weighted by Gasteiger charge is 2.35. The van der Waals surface area contributed by atoms with Crippen LogP contribution in [0.15, 0.2) is 59.5 Å². The Balaban J connectivity index is 1.55. The molecule has 5 nitrogen and oxygen atoms in total. The second kappa shape index (κ2) is 11.9. The largest absolute Gasteiger partial charge is 0.490 e. The molecule has 1 fully saturated rings. The van der Waals surface area contributed by atoms with E-state index >= 15 is 0 Å². The predicted octanol–water partition coefficient (Wildman–Crippen LogP) is 7.95. The molecule has 10 heteroatoms. The molecule has 0 radical (unpaired) electrons. The fourth-order valence-corrected chi connectivity index (χ4v) is 5.51. The van der Waals surface area contributed by atoms with Gasteiger partial charge < -0.3 is 9.47 Å². The van der Waals surface area contributed by atoms with Crippen molar-refractivity contribution >= 4 is 74.8 Å². The van der Waals surface area contributed by atoms with Crippen molar-refractivity contribution in [3.63, 3.8) is 0 Å². The number of thioether (sulfide) groups is 1. The van der Waals surface area contributed by atoms with E-state index in [-0.39, 0.29) is 24.2 Å². The summed E-state index contributed by atoms with van der Waals surface area (Å²) in [5.74, 6) is 0.271. The quantitative estimate of drug-likeness (QED) is 0.182. The van der Waals surface area contributed by atoms with Crippen LogP contribution in [-0.4, -0.2) is 22.7 Å². The number of amides is 2. The lowest BCUT2D eigenvalue weighted by Crippen LogP contribution is -2.27. The monoisotopic (exact) mass is 657 g/mol. The number of rotatable bonds is 8. The van der Waals surface area contributed by atoms with E-state index in [1.54, 1.807) is 42.5 Å². The van der Waals surface area contributed by atoms with Crippen LogP contribution in [0.1, 0.15) is 23.6 Å². The average molecular weight is 658 g/mol. The number of carbonyl (C=O) groups is 2. The Morgan fingerprint density at radius 3 is 2.50 bits per heavy atom. The Bertz CT molecular complexity index is 1350. The van der Waals surface area contributed by atoms with Gasteiger partial charge >= 0.3 is 0 Å². The minimum Gasteiger partial charge on any atom is -0.490 e. The van der Waals surface area contributed by atoms with Crippen LogP contribution >= 0.6 is 57.6 Å². The lowest BCUT2D eigenvalue weighted by atomic mass is 10.1. The number of imide groups is 1. The van der Waals surface area contributed by atoms with Crippen molar-refractivity contribution in [1.82, 2.24) is 4.90 Å². The van der Waals surface area contributed by atoms with E-state index in [0.717, 1.165) is 25.8 Å². The summed E-state index contributed by atoms with van der Waals surface area (Å²) in [6.07, 6.45) is 1.65. The first-order valence-electron chi connectivity index (χ1n) is 10.8. The summed E-state index contributed by atoms with van der Waals surface area (Å²) >= 11 is 15.2. The second-order valence-electron chi connectivity index (χ2n) is 7.68. The van der Waals surface area contributed by atoms with Crippen LogP contribution in [0.2, 0.25) is 10.0 Å². The van der Waals surface area contributed by atoms with Crippen LogP contribution in [0.3, 0.4) is 0 Å². The Morgan fingerprint density at radius 2 is 1.81 bits per heavy atom. The molecule has 0 spiro atoms. The molecule has 1 aliphatic heterocycles. The van der Waals surface area contributed by atoms with Gasteiger partial charge in [-0.1, -0.05) is 41.4 Å². The molecule has 0 atom stereocenters. The highest BCUT2D eigenvalue weighted by molar-refractivity contribution is 14.1. The first-order valence-corrected chi connectivity index (χ1v) is 13.4. The first-order chi connectivity index (χ1) is 17.2. The number of hydrogen-bond acceptors (Lipinski definition) is 5. The molecule has 1 aliphatic rings. The molecule has 186 valence electrons. The van der Waals surface area contributed by atoms with Gasteiger partial charge in [-0.15, -0.1) is 0 Å². The summed E-state index contributed by atoms with van der Waals surface area (Å²) in [6.45, 7) is 2.56. The maximum absolute atomic E-state index is 13.2. The lowest BCUT2D eigenvalue weighted by molar-refractivity contribution is -0.123. The molecule has 0 aliphatic carbocycles. The molecule has 0 bridgehead atoms. The average Bonchev–Trinajstić information content (AvgIpc) is 3.08. The van der Waals surface area contributed by atoms with Crippen molar-refractivity contribution in [3.8, 4) is 11.5 Å². The van der Waals surface area contributed by atoms with Crippen LogP contribution < -0.4 is 9.47 Å². The van der Waals surface area contributed by atoms with E-state index in [1.165, 1.54) is 12.1 Å². The number of benzene rings is 3. The first kappa shape index (κ1) is 26.8. The topological polar surface area (TPSA) is 55.8 Å². The van der Waals surface area contributed by atoms with Gasteiger partial charge in [-0.25, -0.2) is 4.39 Å². The molecule has 3 aromatic rings. The van der Waals surface area contributed by atoms with Crippen molar-refractivity contribution in [1.29, 1.82) is 0 Å². The minimum absolute atomic E-state index is 0.0735. The van der Waals surface area contributed by atoms with Crippen LogP contribution in [0.5, 0.6) is 11.5 Å². The minimum atomic E-state index is -0.403. The summed E-state index contributed by atoms with van der Waals surface area (Å²) in [4.78, 5) is 26.9. The van der Waals surface area contributed by atoms with Gasteiger partial charge in [0.2, 0.25) is 0 Å². The zero-order valence-corrected chi connectivity index (χ0v) is 23.4. The van der Waals surface area contributed by atoms with E-state index in [1.807, 2.05) is 13.0 Å². The molecule has 1 heterocycles. The molecule has 0 aromatic heterocycles. The van der Waals surface area contributed by atoms with E-state index in [4.69, 9.17) is 32.7 Å².